The van der Waals surface area contributed by atoms with Gasteiger partial charge >= 0.3 is 5.97 Å². The van der Waals surface area contributed by atoms with Crippen LogP contribution in [0.15, 0.2) is 18.2 Å². The first-order valence-electron chi connectivity index (χ1n) is 6.28. The van der Waals surface area contributed by atoms with Gasteiger partial charge in [-0.1, -0.05) is 24.6 Å². The maximum absolute atomic E-state index is 12.2. The van der Waals surface area contributed by atoms with Crippen LogP contribution in [0.1, 0.15) is 17.3 Å². The minimum atomic E-state index is -0.902. The lowest BCUT2D eigenvalue weighted by molar-refractivity contribution is -0.384. The van der Waals surface area contributed by atoms with Crippen molar-refractivity contribution < 1.29 is 19.6 Å². The first-order valence-corrected chi connectivity index (χ1v) is 6.65. The summed E-state index contributed by atoms with van der Waals surface area (Å²) < 4.78 is 0. The number of benzene rings is 1. The summed E-state index contributed by atoms with van der Waals surface area (Å²) in [5.74, 6) is -1.96. The van der Waals surface area contributed by atoms with Gasteiger partial charge in [-0.25, -0.2) is 0 Å². The van der Waals surface area contributed by atoms with Crippen LogP contribution in [0, 0.1) is 22.0 Å². The molecule has 1 unspecified atom stereocenters. The summed E-state index contributed by atoms with van der Waals surface area (Å²) >= 11 is 5.89. The number of nitro groups is 1. The normalized spacial score (nSPS) is 16.2. The smallest absolute Gasteiger partial charge is 0.306 e. The number of hydrogen-bond acceptors (Lipinski definition) is 4. The van der Waals surface area contributed by atoms with E-state index < -0.39 is 22.7 Å². The predicted octanol–water partition coefficient (Wildman–Crippen LogP) is 2.04. The van der Waals surface area contributed by atoms with Crippen LogP contribution in [0.25, 0.3) is 0 Å². The molecule has 1 fully saturated rings. The number of hydrogen-bond donors (Lipinski definition) is 1. The van der Waals surface area contributed by atoms with Crippen molar-refractivity contribution >= 4 is 29.2 Å². The third-order valence-corrected chi connectivity index (χ3v) is 4.10. The average molecular weight is 313 g/mol. The van der Waals surface area contributed by atoms with Crippen LogP contribution in [0.5, 0.6) is 0 Å². The molecule has 7 nitrogen and oxygen atoms in total. The quantitative estimate of drug-likeness (QED) is 0.677. The molecule has 0 saturated carbocycles. The Labute approximate surface area is 125 Å². The standard InChI is InChI=1S/C13H13ClN2O5/c1-7(13(18)19)8-5-15(6-8)12(17)9-3-2-4-10(11(9)14)16(20)21/h2-4,7-8H,5-6H2,1H3,(H,18,19). The van der Waals surface area contributed by atoms with Gasteiger partial charge in [-0.15, -0.1) is 0 Å². The van der Waals surface area contributed by atoms with Crippen LogP contribution in [-0.2, 0) is 4.79 Å². The summed E-state index contributed by atoms with van der Waals surface area (Å²) in [5.41, 5.74) is -0.259. The second-order valence-corrected chi connectivity index (χ2v) is 5.37. The Morgan fingerprint density at radius 1 is 1.48 bits per heavy atom. The van der Waals surface area contributed by atoms with E-state index in [0.29, 0.717) is 13.1 Å². The molecule has 1 aromatic rings. The van der Waals surface area contributed by atoms with Gasteiger partial charge < -0.3 is 10.0 Å². The molecule has 0 radical (unpaired) electrons. The van der Waals surface area contributed by atoms with E-state index in [-0.39, 0.29) is 22.2 Å². The SMILES string of the molecule is CC(C(=O)O)C1CN(C(=O)c2cccc([N+](=O)[O-])c2Cl)C1. The van der Waals surface area contributed by atoms with Crippen molar-refractivity contribution in [1.82, 2.24) is 4.90 Å². The monoisotopic (exact) mass is 312 g/mol. The molecule has 21 heavy (non-hydrogen) atoms. The van der Waals surface area contributed by atoms with Gasteiger partial charge in [0.25, 0.3) is 11.6 Å². The second kappa shape index (κ2) is 5.69. The summed E-state index contributed by atoms with van der Waals surface area (Å²) in [6.07, 6.45) is 0. The maximum atomic E-state index is 12.2. The minimum Gasteiger partial charge on any atom is -0.481 e. The number of halogens is 1. The molecule has 1 heterocycles. The molecule has 1 amide bonds. The highest BCUT2D eigenvalue weighted by atomic mass is 35.5. The zero-order valence-corrected chi connectivity index (χ0v) is 11.9. The molecule has 1 aliphatic heterocycles. The van der Waals surface area contributed by atoms with Gasteiger partial charge in [0, 0.05) is 25.1 Å². The lowest BCUT2D eigenvalue weighted by Gasteiger charge is -2.41. The van der Waals surface area contributed by atoms with Gasteiger partial charge in [0.1, 0.15) is 5.02 Å². The number of carbonyl (C=O) groups excluding carboxylic acids is 1. The molecule has 1 N–H and O–H groups in total. The molecule has 1 saturated heterocycles. The number of amides is 1. The highest BCUT2D eigenvalue weighted by molar-refractivity contribution is 6.35. The third-order valence-electron chi connectivity index (χ3n) is 3.70. The molecule has 0 spiro atoms. The van der Waals surface area contributed by atoms with Gasteiger partial charge in [-0.3, -0.25) is 19.7 Å². The Morgan fingerprint density at radius 3 is 2.62 bits per heavy atom. The van der Waals surface area contributed by atoms with E-state index in [1.165, 1.54) is 23.1 Å². The number of carbonyl (C=O) groups is 2. The van der Waals surface area contributed by atoms with Gasteiger partial charge in [0.05, 0.1) is 16.4 Å². The molecule has 0 aliphatic carbocycles. The Morgan fingerprint density at radius 2 is 2.10 bits per heavy atom. The molecule has 2 rings (SSSR count). The highest BCUT2D eigenvalue weighted by Gasteiger charge is 2.38. The first kappa shape index (κ1) is 15.2. The fraction of sp³-hybridized carbons (Fsp3) is 0.385. The molecular weight excluding hydrogens is 300 g/mol. The van der Waals surface area contributed by atoms with Crippen LogP contribution in [0.4, 0.5) is 5.69 Å². The van der Waals surface area contributed by atoms with Crippen molar-refractivity contribution in [2.45, 2.75) is 6.92 Å². The fourth-order valence-electron chi connectivity index (χ4n) is 2.19. The Balaban J connectivity index is 2.12. The number of carboxylic acids is 1. The predicted molar refractivity (Wildman–Crippen MR) is 74.3 cm³/mol. The number of nitrogens with zero attached hydrogens (tertiary/aromatic N) is 2. The van der Waals surface area contributed by atoms with E-state index in [1.807, 2.05) is 0 Å². The molecule has 1 aromatic carbocycles. The van der Waals surface area contributed by atoms with Crippen LogP contribution in [0.2, 0.25) is 5.02 Å². The van der Waals surface area contributed by atoms with Crippen LogP contribution in [0.3, 0.4) is 0 Å². The number of likely N-dealkylation sites (tertiary alicyclic amines) is 1. The fourth-order valence-corrected chi connectivity index (χ4v) is 2.47. The molecule has 1 aliphatic rings. The zero-order valence-electron chi connectivity index (χ0n) is 11.2. The lowest BCUT2D eigenvalue weighted by atomic mass is 9.86. The number of aliphatic carboxylic acids is 1. The largest absolute Gasteiger partial charge is 0.481 e. The summed E-state index contributed by atoms with van der Waals surface area (Å²) in [5, 5.41) is 19.5. The summed E-state index contributed by atoms with van der Waals surface area (Å²) in [7, 11) is 0. The number of nitro benzene ring substituents is 1. The van der Waals surface area contributed by atoms with Gasteiger partial charge in [0.2, 0.25) is 0 Å². The molecular formula is C13H13ClN2O5. The minimum absolute atomic E-state index is 0.0623. The maximum Gasteiger partial charge on any atom is 0.306 e. The summed E-state index contributed by atoms with van der Waals surface area (Å²) in [6, 6.07) is 4.05. The lowest BCUT2D eigenvalue weighted by Crippen LogP contribution is -2.53. The summed E-state index contributed by atoms with van der Waals surface area (Å²) in [4.78, 5) is 34.7. The van der Waals surface area contributed by atoms with Crippen LogP contribution < -0.4 is 0 Å². The van der Waals surface area contributed by atoms with Crippen LogP contribution in [-0.4, -0.2) is 39.9 Å². The van der Waals surface area contributed by atoms with Crippen molar-refractivity contribution in [2.75, 3.05) is 13.1 Å². The number of rotatable bonds is 4. The zero-order chi connectivity index (χ0) is 15.7. The average Bonchev–Trinajstić information content (AvgIpc) is 2.36. The topological polar surface area (TPSA) is 101 Å². The molecule has 112 valence electrons. The van der Waals surface area contributed by atoms with Crippen molar-refractivity contribution in [3.05, 3.63) is 38.9 Å². The van der Waals surface area contributed by atoms with Gasteiger partial charge in [-0.05, 0) is 6.07 Å². The summed E-state index contributed by atoms with van der Waals surface area (Å²) in [6.45, 7) is 2.21. The van der Waals surface area contributed by atoms with E-state index in [4.69, 9.17) is 16.7 Å². The van der Waals surface area contributed by atoms with E-state index in [2.05, 4.69) is 0 Å². The molecule has 0 bridgehead atoms. The van der Waals surface area contributed by atoms with Crippen molar-refractivity contribution in [2.24, 2.45) is 11.8 Å². The Kier molecular flexibility index (Phi) is 4.13. The molecule has 1 atom stereocenters. The molecule has 0 aromatic heterocycles. The molecule has 8 heteroatoms. The second-order valence-electron chi connectivity index (χ2n) is 4.99. The van der Waals surface area contributed by atoms with E-state index >= 15 is 0 Å². The van der Waals surface area contributed by atoms with Crippen molar-refractivity contribution in [1.29, 1.82) is 0 Å². The Hall–Kier alpha value is -2.15. The van der Waals surface area contributed by atoms with Gasteiger partial charge in [-0.2, -0.15) is 0 Å². The van der Waals surface area contributed by atoms with E-state index in [9.17, 15) is 19.7 Å². The van der Waals surface area contributed by atoms with Gasteiger partial charge in [0.15, 0.2) is 0 Å². The van der Waals surface area contributed by atoms with E-state index in [0.717, 1.165) is 0 Å². The van der Waals surface area contributed by atoms with Crippen molar-refractivity contribution in [3.8, 4) is 0 Å². The van der Waals surface area contributed by atoms with E-state index in [1.54, 1.807) is 6.92 Å². The highest BCUT2D eigenvalue weighted by Crippen LogP contribution is 2.31. The third kappa shape index (κ3) is 2.82. The van der Waals surface area contributed by atoms with Crippen LogP contribution >= 0.6 is 11.6 Å². The Bertz CT molecular complexity index is 613. The number of carboxylic acid groups (broad SMARTS) is 1. The van der Waals surface area contributed by atoms with Crippen molar-refractivity contribution in [3.63, 3.8) is 0 Å². The first-order chi connectivity index (χ1) is 9.82.